The molecule has 1 N–H and O–H groups in total. The van der Waals surface area contributed by atoms with Gasteiger partial charge in [-0.2, -0.15) is 0 Å². The number of carbonyl (C=O) groups excluding carboxylic acids is 1. The number of amides is 1. The van der Waals surface area contributed by atoms with E-state index in [9.17, 15) is 4.79 Å². The molecule has 1 aliphatic rings. The van der Waals surface area contributed by atoms with Gasteiger partial charge in [0.25, 0.3) is 0 Å². The summed E-state index contributed by atoms with van der Waals surface area (Å²) >= 11 is 2.96. The summed E-state index contributed by atoms with van der Waals surface area (Å²) in [5.74, 6) is 1.38. The smallest absolute Gasteiger partial charge is 0.233 e. The topological polar surface area (TPSA) is 54.9 Å². The van der Waals surface area contributed by atoms with Gasteiger partial charge in [0.05, 0.1) is 5.25 Å². The number of thioether (sulfide) groups is 1. The Morgan fingerprint density at radius 2 is 2.32 bits per heavy atom. The standard InChI is InChI=1S/C13H21N3OS2/c1-8-5-4-6-11(9(8)2)15-12(17)10(3)19-13-16-14-7-18-13/h7-11H,4-6H2,1-3H3,(H,15,17). The van der Waals surface area contributed by atoms with Crippen LogP contribution in [0.2, 0.25) is 0 Å². The third kappa shape index (κ3) is 3.92. The summed E-state index contributed by atoms with van der Waals surface area (Å²) < 4.78 is 0.854. The zero-order valence-electron chi connectivity index (χ0n) is 11.6. The van der Waals surface area contributed by atoms with Crippen molar-refractivity contribution < 1.29 is 4.79 Å². The summed E-state index contributed by atoms with van der Waals surface area (Å²) in [5, 5.41) is 10.8. The molecule has 0 aromatic carbocycles. The zero-order chi connectivity index (χ0) is 13.8. The highest BCUT2D eigenvalue weighted by molar-refractivity contribution is 8.02. The van der Waals surface area contributed by atoms with Gasteiger partial charge in [-0.15, -0.1) is 10.2 Å². The minimum atomic E-state index is -0.114. The molecular formula is C13H21N3OS2. The summed E-state index contributed by atoms with van der Waals surface area (Å²) in [6.07, 6.45) is 3.60. The molecule has 106 valence electrons. The van der Waals surface area contributed by atoms with Gasteiger partial charge in [0, 0.05) is 6.04 Å². The van der Waals surface area contributed by atoms with E-state index in [1.165, 1.54) is 35.9 Å². The Balaban J connectivity index is 1.86. The first-order valence-corrected chi connectivity index (χ1v) is 8.57. The Bertz CT molecular complexity index is 410. The van der Waals surface area contributed by atoms with Gasteiger partial charge in [-0.1, -0.05) is 49.8 Å². The van der Waals surface area contributed by atoms with E-state index in [-0.39, 0.29) is 11.2 Å². The van der Waals surface area contributed by atoms with Crippen LogP contribution in [0.3, 0.4) is 0 Å². The van der Waals surface area contributed by atoms with Crippen LogP contribution in [0, 0.1) is 11.8 Å². The molecule has 1 amide bonds. The van der Waals surface area contributed by atoms with Crippen molar-refractivity contribution in [2.75, 3.05) is 0 Å². The van der Waals surface area contributed by atoms with Crippen molar-refractivity contribution in [1.82, 2.24) is 15.5 Å². The predicted octanol–water partition coefficient (Wildman–Crippen LogP) is 2.96. The van der Waals surface area contributed by atoms with Crippen LogP contribution in [-0.4, -0.2) is 27.4 Å². The minimum Gasteiger partial charge on any atom is -0.352 e. The maximum absolute atomic E-state index is 12.2. The van der Waals surface area contributed by atoms with Gasteiger partial charge in [-0.05, 0) is 25.2 Å². The quantitative estimate of drug-likeness (QED) is 0.869. The molecule has 1 fully saturated rings. The van der Waals surface area contributed by atoms with Crippen LogP contribution in [0.4, 0.5) is 0 Å². The van der Waals surface area contributed by atoms with E-state index in [4.69, 9.17) is 0 Å². The molecular weight excluding hydrogens is 278 g/mol. The van der Waals surface area contributed by atoms with Gasteiger partial charge in [-0.25, -0.2) is 0 Å². The summed E-state index contributed by atoms with van der Waals surface area (Å²) in [5.41, 5.74) is 1.69. The summed E-state index contributed by atoms with van der Waals surface area (Å²) in [6, 6.07) is 0.328. The van der Waals surface area contributed by atoms with Gasteiger partial charge >= 0.3 is 0 Å². The third-order valence-electron chi connectivity index (χ3n) is 4.02. The highest BCUT2D eigenvalue weighted by atomic mass is 32.2. The molecule has 0 saturated heterocycles. The van der Waals surface area contributed by atoms with Crippen molar-refractivity contribution in [3.05, 3.63) is 5.51 Å². The van der Waals surface area contributed by atoms with E-state index in [0.717, 1.165) is 10.8 Å². The van der Waals surface area contributed by atoms with Crippen molar-refractivity contribution in [1.29, 1.82) is 0 Å². The molecule has 1 aliphatic carbocycles. The molecule has 4 atom stereocenters. The number of hydrogen-bond acceptors (Lipinski definition) is 5. The van der Waals surface area contributed by atoms with E-state index < -0.39 is 0 Å². The third-order valence-corrected chi connectivity index (χ3v) is 5.93. The minimum absolute atomic E-state index is 0.114. The van der Waals surface area contributed by atoms with Gasteiger partial charge in [0.2, 0.25) is 5.91 Å². The lowest BCUT2D eigenvalue weighted by Crippen LogP contribution is -2.46. The SMILES string of the molecule is CC(Sc1nncs1)C(=O)NC1CCCC(C)C1C. The molecule has 1 heterocycles. The first-order valence-electron chi connectivity index (χ1n) is 6.81. The first-order chi connectivity index (χ1) is 9.08. The second-order valence-electron chi connectivity index (χ2n) is 5.35. The molecule has 1 aromatic rings. The Kier molecular flexibility index (Phi) is 5.21. The molecule has 2 rings (SSSR count). The summed E-state index contributed by atoms with van der Waals surface area (Å²) in [7, 11) is 0. The molecule has 0 bridgehead atoms. The normalized spacial score (nSPS) is 28.9. The molecule has 19 heavy (non-hydrogen) atoms. The molecule has 1 aromatic heterocycles. The Hall–Kier alpha value is -0.620. The first kappa shape index (κ1) is 14.8. The van der Waals surface area contributed by atoms with Crippen molar-refractivity contribution in [3.63, 3.8) is 0 Å². The van der Waals surface area contributed by atoms with E-state index >= 15 is 0 Å². The van der Waals surface area contributed by atoms with E-state index in [0.29, 0.717) is 17.9 Å². The molecule has 0 aliphatic heterocycles. The number of rotatable bonds is 4. The highest BCUT2D eigenvalue weighted by Gasteiger charge is 2.29. The van der Waals surface area contributed by atoms with Crippen molar-refractivity contribution in [3.8, 4) is 0 Å². The molecule has 0 spiro atoms. The van der Waals surface area contributed by atoms with Crippen LogP contribution in [0.15, 0.2) is 9.85 Å². The molecule has 1 saturated carbocycles. The van der Waals surface area contributed by atoms with Crippen molar-refractivity contribution in [2.45, 2.75) is 55.7 Å². The van der Waals surface area contributed by atoms with Crippen LogP contribution in [0.5, 0.6) is 0 Å². The highest BCUT2D eigenvalue weighted by Crippen LogP contribution is 2.30. The van der Waals surface area contributed by atoms with Crippen LogP contribution in [0.25, 0.3) is 0 Å². The number of hydrogen-bond donors (Lipinski definition) is 1. The lowest BCUT2D eigenvalue weighted by atomic mass is 9.78. The maximum atomic E-state index is 12.2. The van der Waals surface area contributed by atoms with E-state index in [1.54, 1.807) is 5.51 Å². The number of nitrogens with one attached hydrogen (secondary N) is 1. The summed E-state index contributed by atoms with van der Waals surface area (Å²) in [4.78, 5) is 12.2. The largest absolute Gasteiger partial charge is 0.352 e. The Morgan fingerprint density at radius 3 is 3.00 bits per heavy atom. The fourth-order valence-corrected chi connectivity index (χ4v) is 4.14. The van der Waals surface area contributed by atoms with Crippen molar-refractivity contribution in [2.24, 2.45) is 11.8 Å². The van der Waals surface area contributed by atoms with Gasteiger partial charge in [0.15, 0.2) is 4.34 Å². The Labute approximate surface area is 122 Å². The van der Waals surface area contributed by atoms with Crippen LogP contribution < -0.4 is 5.32 Å². The number of nitrogens with zero attached hydrogens (tertiary/aromatic N) is 2. The van der Waals surface area contributed by atoms with Crippen molar-refractivity contribution >= 4 is 29.0 Å². The monoisotopic (exact) mass is 299 g/mol. The number of aromatic nitrogens is 2. The molecule has 6 heteroatoms. The van der Waals surface area contributed by atoms with Gasteiger partial charge in [-0.3, -0.25) is 4.79 Å². The van der Waals surface area contributed by atoms with Crippen LogP contribution in [-0.2, 0) is 4.79 Å². The van der Waals surface area contributed by atoms with E-state index in [2.05, 4.69) is 29.4 Å². The van der Waals surface area contributed by atoms with Crippen LogP contribution in [0.1, 0.15) is 40.0 Å². The van der Waals surface area contributed by atoms with E-state index in [1.807, 2.05) is 6.92 Å². The fourth-order valence-electron chi connectivity index (χ4n) is 2.50. The average molecular weight is 299 g/mol. The number of carbonyl (C=O) groups is 1. The average Bonchev–Trinajstić information content (AvgIpc) is 2.87. The fraction of sp³-hybridized carbons (Fsp3) is 0.769. The Morgan fingerprint density at radius 1 is 1.53 bits per heavy atom. The maximum Gasteiger partial charge on any atom is 0.233 e. The van der Waals surface area contributed by atoms with Gasteiger partial charge < -0.3 is 5.32 Å². The van der Waals surface area contributed by atoms with Crippen LogP contribution >= 0.6 is 23.1 Å². The second kappa shape index (κ2) is 6.70. The predicted molar refractivity (Wildman–Crippen MR) is 79.3 cm³/mol. The molecule has 0 radical (unpaired) electrons. The molecule has 4 unspecified atom stereocenters. The zero-order valence-corrected chi connectivity index (χ0v) is 13.3. The molecule has 4 nitrogen and oxygen atoms in total. The second-order valence-corrected chi connectivity index (χ2v) is 7.77. The van der Waals surface area contributed by atoms with Gasteiger partial charge in [0.1, 0.15) is 5.51 Å². The summed E-state index contributed by atoms with van der Waals surface area (Å²) in [6.45, 7) is 6.46. The lowest BCUT2D eigenvalue weighted by molar-refractivity contribution is -0.121. The lowest BCUT2D eigenvalue weighted by Gasteiger charge is -2.35.